The Morgan fingerprint density at radius 2 is 2.12 bits per heavy atom. The third-order valence-corrected chi connectivity index (χ3v) is 5.46. The van der Waals surface area contributed by atoms with Gasteiger partial charge in [-0.2, -0.15) is 5.10 Å². The van der Waals surface area contributed by atoms with Crippen molar-refractivity contribution in [3.8, 4) is 0 Å². The van der Waals surface area contributed by atoms with Crippen molar-refractivity contribution in [1.29, 1.82) is 0 Å². The van der Waals surface area contributed by atoms with Gasteiger partial charge in [-0.3, -0.25) is 9.58 Å². The van der Waals surface area contributed by atoms with Gasteiger partial charge in [0.2, 0.25) is 0 Å². The Morgan fingerprint density at radius 1 is 1.27 bits per heavy atom. The predicted molar refractivity (Wildman–Crippen MR) is 102 cm³/mol. The van der Waals surface area contributed by atoms with Crippen molar-refractivity contribution in [2.75, 3.05) is 19.7 Å². The predicted octanol–water partition coefficient (Wildman–Crippen LogP) is 2.45. The second-order valence-electron chi connectivity index (χ2n) is 7.32. The molecule has 0 bridgehead atoms. The fourth-order valence-electron chi connectivity index (χ4n) is 4.11. The lowest BCUT2D eigenvalue weighted by atomic mass is 9.96. The van der Waals surface area contributed by atoms with Crippen LogP contribution in [0.3, 0.4) is 0 Å². The first-order valence-corrected chi connectivity index (χ1v) is 9.43. The van der Waals surface area contributed by atoms with Gasteiger partial charge in [-0.1, -0.05) is 12.1 Å². The van der Waals surface area contributed by atoms with E-state index in [4.69, 9.17) is 10.1 Å². The average Bonchev–Trinajstić information content (AvgIpc) is 3.16. The topological polar surface area (TPSA) is 59.1 Å². The molecule has 1 aliphatic rings. The van der Waals surface area contributed by atoms with E-state index >= 15 is 0 Å². The average molecular weight is 353 g/mol. The number of piperidine rings is 1. The number of benzene rings is 1. The molecule has 138 valence electrons. The highest BCUT2D eigenvalue weighted by molar-refractivity contribution is 5.75. The number of imidazole rings is 1. The van der Waals surface area contributed by atoms with Crippen LogP contribution in [-0.4, -0.2) is 49.0 Å². The van der Waals surface area contributed by atoms with E-state index in [-0.39, 0.29) is 6.61 Å². The molecule has 0 unspecified atom stereocenters. The molecule has 2 aromatic heterocycles. The highest BCUT2D eigenvalue weighted by Crippen LogP contribution is 2.29. The minimum absolute atomic E-state index is 0.124. The fourth-order valence-corrected chi connectivity index (χ4v) is 4.11. The lowest BCUT2D eigenvalue weighted by Gasteiger charge is -2.32. The monoisotopic (exact) mass is 353 g/mol. The Morgan fingerprint density at radius 3 is 2.92 bits per heavy atom. The zero-order chi connectivity index (χ0) is 18.1. The highest BCUT2D eigenvalue weighted by Gasteiger charge is 2.26. The normalized spacial score (nSPS) is 18.7. The van der Waals surface area contributed by atoms with Crippen LogP contribution < -0.4 is 0 Å². The Bertz CT molecular complexity index is 897. The quantitative estimate of drug-likeness (QED) is 0.765. The summed E-state index contributed by atoms with van der Waals surface area (Å²) in [5.74, 6) is 1.66. The number of hydrogen-bond acceptors (Lipinski definition) is 4. The highest BCUT2D eigenvalue weighted by atomic mass is 16.3. The number of rotatable bonds is 5. The van der Waals surface area contributed by atoms with E-state index in [1.54, 1.807) is 0 Å². The van der Waals surface area contributed by atoms with Crippen LogP contribution >= 0.6 is 0 Å². The molecular weight excluding hydrogens is 326 g/mol. The molecule has 1 saturated heterocycles. The van der Waals surface area contributed by atoms with Crippen LogP contribution in [0, 0.1) is 6.92 Å². The molecule has 0 aliphatic carbocycles. The van der Waals surface area contributed by atoms with E-state index in [1.807, 2.05) is 4.68 Å². The lowest BCUT2D eigenvalue weighted by Crippen LogP contribution is -2.34. The molecule has 1 aliphatic heterocycles. The van der Waals surface area contributed by atoms with Gasteiger partial charge in [0.05, 0.1) is 29.9 Å². The van der Waals surface area contributed by atoms with Gasteiger partial charge in [-0.15, -0.1) is 0 Å². The van der Waals surface area contributed by atoms with Gasteiger partial charge >= 0.3 is 0 Å². The minimum atomic E-state index is 0.124. The summed E-state index contributed by atoms with van der Waals surface area (Å²) in [6, 6.07) is 8.37. The number of fused-ring (bicyclic) bond motifs is 1. The minimum Gasteiger partial charge on any atom is -0.394 e. The van der Waals surface area contributed by atoms with E-state index in [9.17, 15) is 0 Å². The summed E-state index contributed by atoms with van der Waals surface area (Å²) in [6.07, 6.45) is 4.46. The summed E-state index contributed by atoms with van der Waals surface area (Å²) in [6.45, 7) is 5.79. The van der Waals surface area contributed by atoms with Gasteiger partial charge in [-0.05, 0) is 38.4 Å². The fraction of sp³-hybridized carbons (Fsp3) is 0.500. The molecule has 1 atom stereocenters. The maximum absolute atomic E-state index is 9.11. The summed E-state index contributed by atoms with van der Waals surface area (Å²) >= 11 is 0. The first-order chi connectivity index (χ1) is 12.7. The van der Waals surface area contributed by atoms with Gasteiger partial charge < -0.3 is 9.67 Å². The number of para-hydroxylation sites is 2. The molecule has 1 N–H and O–H groups in total. The standard InChI is InChI=1S/C20H27N5O/c1-15-17(14-25(22-15)10-11-26)13-24-9-5-6-16(12-24)20-21-18-7-3-4-8-19(18)23(20)2/h3-4,7-8,14,16,26H,5-6,9-13H2,1-2H3/t16-/m0/s1. The summed E-state index contributed by atoms with van der Waals surface area (Å²) in [5, 5.41) is 13.6. The molecular formula is C20H27N5O. The zero-order valence-electron chi connectivity index (χ0n) is 15.6. The Labute approximate surface area is 154 Å². The molecule has 6 nitrogen and oxygen atoms in total. The summed E-state index contributed by atoms with van der Waals surface area (Å²) in [5.41, 5.74) is 4.61. The molecule has 26 heavy (non-hydrogen) atoms. The van der Waals surface area contributed by atoms with Crippen molar-refractivity contribution in [3.05, 3.63) is 47.5 Å². The number of aryl methyl sites for hydroxylation is 2. The Balaban J connectivity index is 1.51. The van der Waals surface area contributed by atoms with Crippen molar-refractivity contribution in [2.24, 2.45) is 7.05 Å². The molecule has 0 amide bonds. The molecule has 3 heterocycles. The van der Waals surface area contributed by atoms with E-state index in [0.29, 0.717) is 12.5 Å². The number of aliphatic hydroxyl groups excluding tert-OH is 1. The van der Waals surface area contributed by atoms with Crippen LogP contribution in [-0.2, 0) is 20.1 Å². The van der Waals surface area contributed by atoms with E-state index in [2.05, 4.69) is 59.0 Å². The Kier molecular flexibility index (Phi) is 4.78. The third kappa shape index (κ3) is 3.27. The van der Waals surface area contributed by atoms with Crippen molar-refractivity contribution in [3.63, 3.8) is 0 Å². The molecule has 3 aromatic rings. The van der Waals surface area contributed by atoms with Crippen molar-refractivity contribution >= 4 is 11.0 Å². The van der Waals surface area contributed by atoms with Crippen molar-refractivity contribution < 1.29 is 5.11 Å². The van der Waals surface area contributed by atoms with Crippen LogP contribution in [0.4, 0.5) is 0 Å². The van der Waals surface area contributed by atoms with Crippen molar-refractivity contribution in [2.45, 2.75) is 38.8 Å². The molecule has 1 aromatic carbocycles. The van der Waals surface area contributed by atoms with Crippen LogP contribution in [0.1, 0.15) is 35.8 Å². The number of aliphatic hydroxyl groups is 1. The van der Waals surface area contributed by atoms with Crippen LogP contribution in [0.5, 0.6) is 0 Å². The van der Waals surface area contributed by atoms with Gasteiger partial charge in [0.1, 0.15) is 5.82 Å². The van der Waals surface area contributed by atoms with E-state index < -0.39 is 0 Å². The summed E-state index contributed by atoms with van der Waals surface area (Å²) in [4.78, 5) is 7.43. The SMILES string of the molecule is Cc1nn(CCO)cc1CN1CCC[C@H](c2nc3ccccc3n2C)C1. The molecule has 0 saturated carbocycles. The third-order valence-electron chi connectivity index (χ3n) is 5.46. The van der Waals surface area contributed by atoms with Gasteiger partial charge in [0.15, 0.2) is 0 Å². The molecule has 6 heteroatoms. The smallest absolute Gasteiger partial charge is 0.114 e. The number of nitrogens with zero attached hydrogens (tertiary/aromatic N) is 5. The number of hydrogen-bond donors (Lipinski definition) is 1. The summed E-state index contributed by atoms with van der Waals surface area (Å²) in [7, 11) is 2.13. The molecule has 4 rings (SSSR count). The molecule has 0 radical (unpaired) electrons. The number of likely N-dealkylation sites (tertiary alicyclic amines) is 1. The number of aromatic nitrogens is 4. The first-order valence-electron chi connectivity index (χ1n) is 9.43. The van der Waals surface area contributed by atoms with Gasteiger partial charge in [-0.25, -0.2) is 4.98 Å². The first kappa shape index (κ1) is 17.2. The van der Waals surface area contributed by atoms with Crippen LogP contribution in [0.25, 0.3) is 11.0 Å². The Hall–Kier alpha value is -2.18. The maximum Gasteiger partial charge on any atom is 0.114 e. The maximum atomic E-state index is 9.11. The lowest BCUT2D eigenvalue weighted by molar-refractivity contribution is 0.195. The largest absolute Gasteiger partial charge is 0.394 e. The van der Waals surface area contributed by atoms with Gasteiger partial charge in [0.25, 0.3) is 0 Å². The van der Waals surface area contributed by atoms with Gasteiger partial charge in [0, 0.05) is 37.8 Å². The summed E-state index contributed by atoms with van der Waals surface area (Å²) < 4.78 is 4.10. The molecule has 1 fully saturated rings. The zero-order valence-corrected chi connectivity index (χ0v) is 15.6. The van der Waals surface area contributed by atoms with E-state index in [1.165, 1.54) is 29.7 Å². The van der Waals surface area contributed by atoms with Crippen LogP contribution in [0.2, 0.25) is 0 Å². The van der Waals surface area contributed by atoms with Crippen LogP contribution in [0.15, 0.2) is 30.5 Å². The van der Waals surface area contributed by atoms with E-state index in [0.717, 1.165) is 30.8 Å². The molecule has 0 spiro atoms. The second kappa shape index (κ2) is 7.21. The van der Waals surface area contributed by atoms with Crippen molar-refractivity contribution in [1.82, 2.24) is 24.2 Å². The second-order valence-corrected chi connectivity index (χ2v) is 7.32.